The van der Waals surface area contributed by atoms with E-state index in [1.165, 1.54) is 12.8 Å². The quantitative estimate of drug-likeness (QED) is 0.753. The number of nitrogens with zero attached hydrogens (tertiary/aromatic N) is 2. The van der Waals surface area contributed by atoms with Crippen molar-refractivity contribution in [3.05, 3.63) is 11.2 Å². The molecule has 1 heterocycles. The maximum absolute atomic E-state index is 9.46. The van der Waals surface area contributed by atoms with Crippen molar-refractivity contribution in [1.29, 1.82) is 0 Å². The van der Waals surface area contributed by atoms with E-state index in [9.17, 15) is 5.11 Å². The Balaban J connectivity index is 2.06. The van der Waals surface area contributed by atoms with Gasteiger partial charge in [0.05, 0.1) is 6.20 Å². The van der Waals surface area contributed by atoms with Crippen LogP contribution in [0.1, 0.15) is 39.0 Å². The van der Waals surface area contributed by atoms with E-state index < -0.39 is 0 Å². The summed E-state index contributed by atoms with van der Waals surface area (Å²) in [5, 5.41) is 16.5. The highest BCUT2D eigenvalue weighted by Gasteiger charge is 2.25. The first kappa shape index (κ1) is 15.3. The van der Waals surface area contributed by atoms with Crippen LogP contribution in [-0.4, -0.2) is 34.3 Å². The van der Waals surface area contributed by atoms with Gasteiger partial charge in [-0.2, -0.15) is 4.98 Å². The normalized spacial score (nSPS) is 22.6. The zero-order chi connectivity index (χ0) is 14.4. The molecule has 2 rings (SSSR count). The summed E-state index contributed by atoms with van der Waals surface area (Å²) >= 11 is 6.16. The molecule has 6 heteroatoms. The van der Waals surface area contributed by atoms with Crippen molar-refractivity contribution in [3.8, 4) is 0 Å². The Morgan fingerprint density at radius 2 is 2.20 bits per heavy atom. The topological polar surface area (TPSA) is 70.1 Å². The number of halogens is 1. The molecule has 1 saturated carbocycles. The van der Waals surface area contributed by atoms with Crippen LogP contribution < -0.4 is 10.6 Å². The Bertz CT molecular complexity index is 430. The van der Waals surface area contributed by atoms with Crippen molar-refractivity contribution in [2.75, 3.05) is 23.8 Å². The molecule has 2 unspecified atom stereocenters. The first-order valence-electron chi connectivity index (χ1n) is 7.38. The van der Waals surface area contributed by atoms with E-state index >= 15 is 0 Å². The molecule has 112 valence electrons. The number of hydrogen-bond acceptors (Lipinski definition) is 5. The molecule has 1 fully saturated rings. The third-order valence-electron chi connectivity index (χ3n) is 3.74. The summed E-state index contributed by atoms with van der Waals surface area (Å²) in [6, 6.07) is 0.236. The summed E-state index contributed by atoms with van der Waals surface area (Å²) < 4.78 is 0. The van der Waals surface area contributed by atoms with E-state index in [1.54, 1.807) is 6.20 Å². The predicted molar refractivity (Wildman–Crippen MR) is 82.3 cm³/mol. The second kappa shape index (κ2) is 7.64. The van der Waals surface area contributed by atoms with Gasteiger partial charge in [-0.1, -0.05) is 31.4 Å². The maximum atomic E-state index is 9.46. The second-order valence-corrected chi connectivity index (χ2v) is 5.70. The summed E-state index contributed by atoms with van der Waals surface area (Å²) in [4.78, 5) is 8.59. The van der Waals surface area contributed by atoms with Crippen molar-refractivity contribution in [2.24, 2.45) is 5.92 Å². The fraction of sp³-hybridized carbons (Fsp3) is 0.714. The molecule has 5 nitrogen and oxygen atoms in total. The lowest BCUT2D eigenvalue weighted by Gasteiger charge is -2.31. The lowest BCUT2D eigenvalue weighted by Crippen LogP contribution is -2.34. The molecule has 1 aliphatic rings. The van der Waals surface area contributed by atoms with Crippen molar-refractivity contribution in [2.45, 2.75) is 45.1 Å². The van der Waals surface area contributed by atoms with Gasteiger partial charge in [0.2, 0.25) is 5.95 Å². The minimum atomic E-state index is 0.210. The van der Waals surface area contributed by atoms with E-state index in [1.807, 2.05) is 0 Å². The molecule has 1 aliphatic carbocycles. The van der Waals surface area contributed by atoms with Gasteiger partial charge in [-0.3, -0.25) is 0 Å². The summed E-state index contributed by atoms with van der Waals surface area (Å²) in [7, 11) is 0. The molecule has 0 bridgehead atoms. The third kappa shape index (κ3) is 3.96. The van der Waals surface area contributed by atoms with Crippen LogP contribution in [0.3, 0.4) is 0 Å². The van der Waals surface area contributed by atoms with Gasteiger partial charge in [0.15, 0.2) is 5.82 Å². The summed E-state index contributed by atoms with van der Waals surface area (Å²) in [6.45, 7) is 3.14. The molecular formula is C14H23ClN4O. The molecule has 1 aromatic rings. The summed E-state index contributed by atoms with van der Waals surface area (Å²) in [5.41, 5.74) is 0. The average molecular weight is 299 g/mol. The lowest BCUT2D eigenvalue weighted by atomic mass is 9.85. The van der Waals surface area contributed by atoms with Crippen LogP contribution in [-0.2, 0) is 0 Å². The number of aliphatic hydroxyl groups is 1. The minimum Gasteiger partial charge on any atom is -0.396 e. The maximum Gasteiger partial charge on any atom is 0.224 e. The van der Waals surface area contributed by atoms with Crippen molar-refractivity contribution in [1.82, 2.24) is 9.97 Å². The fourth-order valence-corrected chi connectivity index (χ4v) is 2.73. The van der Waals surface area contributed by atoms with Gasteiger partial charge in [0, 0.05) is 25.1 Å². The predicted octanol–water partition coefficient (Wildman–Crippen LogP) is 2.91. The van der Waals surface area contributed by atoms with Crippen LogP contribution in [0, 0.1) is 5.92 Å². The Hall–Kier alpha value is -1.07. The van der Waals surface area contributed by atoms with Crippen LogP contribution in [0.15, 0.2) is 6.20 Å². The van der Waals surface area contributed by atoms with E-state index in [0.29, 0.717) is 16.8 Å². The second-order valence-electron chi connectivity index (χ2n) is 5.29. The minimum absolute atomic E-state index is 0.210. The first-order valence-corrected chi connectivity index (χ1v) is 7.76. The fourth-order valence-electron chi connectivity index (χ4n) is 2.58. The molecule has 0 aromatic carbocycles. The van der Waals surface area contributed by atoms with Gasteiger partial charge in [-0.05, 0) is 19.3 Å². The van der Waals surface area contributed by atoms with E-state index in [0.717, 1.165) is 25.8 Å². The number of nitrogens with one attached hydrogen (secondary N) is 2. The highest BCUT2D eigenvalue weighted by atomic mass is 35.5. The average Bonchev–Trinajstić information content (AvgIpc) is 2.48. The number of anilines is 2. The summed E-state index contributed by atoms with van der Waals surface area (Å²) in [5.74, 6) is 1.53. The van der Waals surface area contributed by atoms with Gasteiger partial charge in [-0.15, -0.1) is 0 Å². The van der Waals surface area contributed by atoms with Gasteiger partial charge in [0.25, 0.3) is 0 Å². The van der Waals surface area contributed by atoms with E-state index in [-0.39, 0.29) is 18.6 Å². The Kier molecular flexibility index (Phi) is 5.86. The smallest absolute Gasteiger partial charge is 0.224 e. The van der Waals surface area contributed by atoms with Gasteiger partial charge in [0.1, 0.15) is 5.02 Å². The van der Waals surface area contributed by atoms with Gasteiger partial charge >= 0.3 is 0 Å². The van der Waals surface area contributed by atoms with Crippen LogP contribution in [0.5, 0.6) is 0 Å². The van der Waals surface area contributed by atoms with Crippen LogP contribution >= 0.6 is 11.6 Å². The van der Waals surface area contributed by atoms with Gasteiger partial charge in [-0.25, -0.2) is 4.98 Å². The SMILES string of the molecule is CCCNc1ncc(Cl)c(NC2CCCCC2CO)n1. The lowest BCUT2D eigenvalue weighted by molar-refractivity contribution is 0.178. The van der Waals surface area contributed by atoms with Crippen molar-refractivity contribution < 1.29 is 5.11 Å². The molecule has 0 radical (unpaired) electrons. The Morgan fingerprint density at radius 1 is 1.40 bits per heavy atom. The number of rotatable bonds is 6. The molecule has 0 amide bonds. The number of aliphatic hydroxyl groups excluding tert-OH is 1. The Morgan fingerprint density at radius 3 is 2.95 bits per heavy atom. The molecule has 0 spiro atoms. The monoisotopic (exact) mass is 298 g/mol. The molecule has 20 heavy (non-hydrogen) atoms. The third-order valence-corrected chi connectivity index (χ3v) is 4.02. The molecule has 2 atom stereocenters. The molecule has 0 aliphatic heterocycles. The molecule has 1 aromatic heterocycles. The van der Waals surface area contributed by atoms with Crippen LogP contribution in [0.4, 0.5) is 11.8 Å². The van der Waals surface area contributed by atoms with Crippen molar-refractivity contribution >= 4 is 23.4 Å². The highest BCUT2D eigenvalue weighted by Crippen LogP contribution is 2.29. The largest absolute Gasteiger partial charge is 0.396 e. The molecule has 3 N–H and O–H groups in total. The van der Waals surface area contributed by atoms with Gasteiger partial charge < -0.3 is 15.7 Å². The zero-order valence-electron chi connectivity index (χ0n) is 11.9. The number of aromatic nitrogens is 2. The standard InChI is InChI=1S/C14H23ClN4O/c1-2-7-16-14-17-8-11(15)13(19-14)18-12-6-4-3-5-10(12)9-20/h8,10,12,20H,2-7,9H2,1H3,(H2,16,17,18,19). The first-order chi connectivity index (χ1) is 9.74. The van der Waals surface area contributed by atoms with Crippen LogP contribution in [0.2, 0.25) is 5.02 Å². The Labute approximate surface area is 125 Å². The van der Waals surface area contributed by atoms with E-state index in [4.69, 9.17) is 11.6 Å². The summed E-state index contributed by atoms with van der Waals surface area (Å²) in [6.07, 6.45) is 7.10. The van der Waals surface area contributed by atoms with Crippen LogP contribution in [0.25, 0.3) is 0 Å². The number of hydrogen-bond donors (Lipinski definition) is 3. The molecular weight excluding hydrogens is 276 g/mol. The van der Waals surface area contributed by atoms with E-state index in [2.05, 4.69) is 27.5 Å². The van der Waals surface area contributed by atoms with Crippen molar-refractivity contribution in [3.63, 3.8) is 0 Å². The molecule has 0 saturated heterocycles. The highest BCUT2D eigenvalue weighted by molar-refractivity contribution is 6.32. The zero-order valence-corrected chi connectivity index (χ0v) is 12.7.